The average molecular weight is 395 g/mol. The Morgan fingerprint density at radius 1 is 1.33 bits per heavy atom. The second-order valence-corrected chi connectivity index (χ2v) is 8.63. The first kappa shape index (κ1) is 17.3. The first-order valence-corrected chi connectivity index (χ1v) is 10.0. The normalized spacial score (nSPS) is 21.2. The molecule has 0 amide bonds. The van der Waals surface area contributed by atoms with Crippen molar-refractivity contribution in [2.24, 2.45) is 0 Å². The van der Waals surface area contributed by atoms with E-state index in [2.05, 4.69) is 15.9 Å². The molecule has 1 aromatic rings. The summed E-state index contributed by atoms with van der Waals surface area (Å²) in [5.41, 5.74) is 1.57. The molecule has 118 valence electrons. The fourth-order valence-corrected chi connectivity index (χ4v) is 5.58. The van der Waals surface area contributed by atoms with E-state index in [1.807, 2.05) is 19.9 Å². The van der Waals surface area contributed by atoms with Crippen LogP contribution in [0.15, 0.2) is 21.5 Å². The molecule has 0 aromatic heterocycles. The van der Waals surface area contributed by atoms with Gasteiger partial charge in [0.1, 0.15) is 0 Å². The number of nitrogens with zero attached hydrogens (tertiary/aromatic N) is 1. The summed E-state index contributed by atoms with van der Waals surface area (Å²) < 4.78 is 28.6. The second kappa shape index (κ2) is 6.99. The molecule has 1 fully saturated rings. The molecular weight excluding hydrogens is 374 g/mol. The minimum Gasteiger partial charge on any atom is -0.207 e. The van der Waals surface area contributed by atoms with Gasteiger partial charge in [0.2, 0.25) is 10.0 Å². The van der Waals surface area contributed by atoms with Crippen LogP contribution in [-0.2, 0) is 15.9 Å². The van der Waals surface area contributed by atoms with E-state index in [4.69, 9.17) is 11.6 Å². The molecule has 6 heteroatoms. The van der Waals surface area contributed by atoms with Crippen LogP contribution in [-0.4, -0.2) is 25.3 Å². The molecule has 1 heterocycles. The molecule has 1 saturated heterocycles. The zero-order chi connectivity index (χ0) is 15.6. The Balaban J connectivity index is 2.50. The predicted octanol–water partition coefficient (Wildman–Crippen LogP) is 4.45. The largest absolute Gasteiger partial charge is 0.243 e. The molecule has 0 spiro atoms. The quantitative estimate of drug-likeness (QED) is 0.710. The number of benzene rings is 1. The van der Waals surface area contributed by atoms with Crippen LogP contribution in [0.4, 0.5) is 0 Å². The Labute approximate surface area is 140 Å². The molecule has 1 aliphatic heterocycles. The maximum Gasteiger partial charge on any atom is 0.243 e. The molecule has 2 rings (SSSR count). The lowest BCUT2D eigenvalue weighted by Crippen LogP contribution is -2.38. The highest BCUT2D eigenvalue weighted by molar-refractivity contribution is 9.10. The van der Waals surface area contributed by atoms with Crippen molar-refractivity contribution in [1.82, 2.24) is 4.31 Å². The fraction of sp³-hybridized carbons (Fsp3) is 0.600. The van der Waals surface area contributed by atoms with Crippen molar-refractivity contribution in [3.8, 4) is 0 Å². The van der Waals surface area contributed by atoms with E-state index in [1.165, 1.54) is 0 Å². The maximum absolute atomic E-state index is 13.1. The summed E-state index contributed by atoms with van der Waals surface area (Å²) in [6.45, 7) is 4.43. The molecule has 3 nitrogen and oxygen atoms in total. The third-order valence-electron chi connectivity index (χ3n) is 4.09. The van der Waals surface area contributed by atoms with Crippen LogP contribution in [0.1, 0.15) is 43.7 Å². The zero-order valence-corrected chi connectivity index (χ0v) is 15.6. The minimum atomic E-state index is -3.48. The summed E-state index contributed by atoms with van der Waals surface area (Å²) in [5.74, 6) is 0.303. The average Bonchev–Trinajstić information content (AvgIpc) is 2.66. The van der Waals surface area contributed by atoms with E-state index in [-0.39, 0.29) is 6.04 Å². The third kappa shape index (κ3) is 3.63. The van der Waals surface area contributed by atoms with Crippen molar-refractivity contribution in [3.63, 3.8) is 0 Å². The summed E-state index contributed by atoms with van der Waals surface area (Å²) in [7, 11) is -3.48. The van der Waals surface area contributed by atoms with Crippen LogP contribution < -0.4 is 0 Å². The minimum absolute atomic E-state index is 0.0512. The topological polar surface area (TPSA) is 37.4 Å². The zero-order valence-electron chi connectivity index (χ0n) is 12.4. The van der Waals surface area contributed by atoms with E-state index in [0.29, 0.717) is 17.3 Å². The maximum atomic E-state index is 13.1. The Morgan fingerprint density at radius 3 is 2.71 bits per heavy atom. The second-order valence-electron chi connectivity index (χ2n) is 5.65. The van der Waals surface area contributed by atoms with Crippen LogP contribution in [0.25, 0.3) is 0 Å². The SMILES string of the molecule is Cc1c(Br)cc(CCl)cc1S(=O)(=O)N1CCCCCC1C. The smallest absolute Gasteiger partial charge is 0.207 e. The Morgan fingerprint density at radius 2 is 2.05 bits per heavy atom. The first-order chi connectivity index (χ1) is 9.87. The molecule has 0 saturated carbocycles. The van der Waals surface area contributed by atoms with Crippen molar-refractivity contribution in [2.75, 3.05) is 6.54 Å². The predicted molar refractivity (Wildman–Crippen MR) is 90.3 cm³/mol. The van der Waals surface area contributed by atoms with Crippen molar-refractivity contribution >= 4 is 37.6 Å². The van der Waals surface area contributed by atoms with Crippen LogP contribution in [0.3, 0.4) is 0 Å². The van der Waals surface area contributed by atoms with Gasteiger partial charge in [-0.05, 0) is 49.9 Å². The summed E-state index contributed by atoms with van der Waals surface area (Å²) in [4.78, 5) is 0.376. The fourth-order valence-electron chi connectivity index (χ4n) is 2.78. The highest BCUT2D eigenvalue weighted by Gasteiger charge is 2.31. The molecule has 0 bridgehead atoms. The van der Waals surface area contributed by atoms with Crippen LogP contribution in [0, 0.1) is 6.92 Å². The summed E-state index contributed by atoms with van der Waals surface area (Å²) in [6, 6.07) is 3.64. The van der Waals surface area contributed by atoms with E-state index in [0.717, 1.165) is 41.3 Å². The molecule has 0 N–H and O–H groups in total. The van der Waals surface area contributed by atoms with Crippen LogP contribution >= 0.6 is 27.5 Å². The number of alkyl halides is 1. The summed E-state index contributed by atoms with van der Waals surface area (Å²) in [6.07, 6.45) is 4.05. The first-order valence-electron chi connectivity index (χ1n) is 7.24. The van der Waals surface area contributed by atoms with Crippen molar-refractivity contribution < 1.29 is 8.42 Å². The Bertz CT molecular complexity index is 618. The van der Waals surface area contributed by atoms with Crippen molar-refractivity contribution in [3.05, 3.63) is 27.7 Å². The van der Waals surface area contributed by atoms with Gasteiger partial charge in [0.05, 0.1) is 4.90 Å². The van der Waals surface area contributed by atoms with Gasteiger partial charge in [-0.3, -0.25) is 0 Å². The Kier molecular flexibility index (Phi) is 5.74. The van der Waals surface area contributed by atoms with Gasteiger partial charge in [-0.25, -0.2) is 8.42 Å². The van der Waals surface area contributed by atoms with Crippen molar-refractivity contribution in [2.45, 2.75) is 56.3 Å². The van der Waals surface area contributed by atoms with Gasteiger partial charge in [0.25, 0.3) is 0 Å². The highest BCUT2D eigenvalue weighted by atomic mass is 79.9. The number of rotatable bonds is 3. The summed E-state index contributed by atoms with van der Waals surface area (Å²) in [5, 5.41) is 0. The molecule has 21 heavy (non-hydrogen) atoms. The van der Waals surface area contributed by atoms with Gasteiger partial charge in [-0.1, -0.05) is 28.8 Å². The van der Waals surface area contributed by atoms with E-state index < -0.39 is 10.0 Å². The van der Waals surface area contributed by atoms with Gasteiger partial charge in [0.15, 0.2) is 0 Å². The van der Waals surface area contributed by atoms with Gasteiger partial charge >= 0.3 is 0 Å². The van der Waals surface area contributed by atoms with Gasteiger partial charge in [-0.15, -0.1) is 11.6 Å². The molecule has 1 aromatic carbocycles. The number of hydrogen-bond acceptors (Lipinski definition) is 2. The number of hydrogen-bond donors (Lipinski definition) is 0. The van der Waals surface area contributed by atoms with Crippen molar-refractivity contribution in [1.29, 1.82) is 0 Å². The molecule has 0 radical (unpaired) electrons. The van der Waals surface area contributed by atoms with E-state index in [1.54, 1.807) is 10.4 Å². The Hall–Kier alpha value is -0.100. The number of halogens is 2. The van der Waals surface area contributed by atoms with Gasteiger partial charge in [-0.2, -0.15) is 4.31 Å². The van der Waals surface area contributed by atoms with Crippen LogP contribution in [0.2, 0.25) is 0 Å². The number of sulfonamides is 1. The molecule has 1 unspecified atom stereocenters. The molecular formula is C15H21BrClNO2S. The highest BCUT2D eigenvalue weighted by Crippen LogP contribution is 2.31. The monoisotopic (exact) mass is 393 g/mol. The lowest BCUT2D eigenvalue weighted by molar-refractivity contribution is 0.342. The molecule has 1 aliphatic rings. The molecule has 0 aliphatic carbocycles. The standard InChI is InChI=1S/C15H21BrClNO2S/c1-11-6-4-3-5-7-18(11)21(19,20)15-9-13(10-17)8-14(16)12(15)2/h8-9,11H,3-7,10H2,1-2H3. The molecule has 1 atom stereocenters. The third-order valence-corrected chi connectivity index (χ3v) is 7.36. The van der Waals surface area contributed by atoms with Gasteiger partial charge < -0.3 is 0 Å². The van der Waals surface area contributed by atoms with E-state index in [9.17, 15) is 8.42 Å². The lowest BCUT2D eigenvalue weighted by atomic mass is 10.1. The summed E-state index contributed by atoms with van der Waals surface area (Å²) >= 11 is 9.33. The van der Waals surface area contributed by atoms with E-state index >= 15 is 0 Å². The van der Waals surface area contributed by atoms with Gasteiger partial charge in [0, 0.05) is 22.9 Å². The van der Waals surface area contributed by atoms with Crippen LogP contribution in [0.5, 0.6) is 0 Å². The lowest BCUT2D eigenvalue weighted by Gasteiger charge is -2.27.